The third-order valence-electron chi connectivity index (χ3n) is 8.22. The molecule has 2 aliphatic rings. The van der Waals surface area contributed by atoms with Gasteiger partial charge < -0.3 is 24.4 Å². The number of carbonyl (C=O) groups excluding carboxylic acids is 1. The van der Waals surface area contributed by atoms with Crippen LogP contribution in [0.2, 0.25) is 10.0 Å². The maximum atomic E-state index is 13.4. The van der Waals surface area contributed by atoms with Crippen molar-refractivity contribution >= 4 is 40.5 Å². The van der Waals surface area contributed by atoms with E-state index in [-0.39, 0.29) is 30.2 Å². The number of carbonyl (C=O) groups is 1. The van der Waals surface area contributed by atoms with Crippen molar-refractivity contribution in [2.24, 2.45) is 11.8 Å². The minimum absolute atomic E-state index is 0.0824. The van der Waals surface area contributed by atoms with Crippen molar-refractivity contribution in [2.45, 2.75) is 38.5 Å². The number of ether oxygens (including phenoxy) is 3. The van der Waals surface area contributed by atoms with Gasteiger partial charge in [-0.3, -0.25) is 4.79 Å². The number of benzene rings is 3. The number of amides is 1. The summed E-state index contributed by atoms with van der Waals surface area (Å²) in [7, 11) is 0. The summed E-state index contributed by atoms with van der Waals surface area (Å²) in [5.41, 5.74) is 1.86. The van der Waals surface area contributed by atoms with Gasteiger partial charge in [0.15, 0.2) is 6.61 Å². The van der Waals surface area contributed by atoms with Crippen LogP contribution in [0.4, 0.5) is 24.5 Å². The molecule has 0 bridgehead atoms. The summed E-state index contributed by atoms with van der Waals surface area (Å²) in [6.45, 7) is 6.48. The zero-order valence-corrected chi connectivity index (χ0v) is 26.0. The molecule has 5 rings (SSSR count). The van der Waals surface area contributed by atoms with Crippen LogP contribution in [0.25, 0.3) is 0 Å². The number of alkyl halides is 3. The Morgan fingerprint density at radius 2 is 1.70 bits per heavy atom. The number of nitrogens with one attached hydrogen (secondary N) is 1. The summed E-state index contributed by atoms with van der Waals surface area (Å²) in [5.74, 6) is 0.728. The van der Waals surface area contributed by atoms with Crippen molar-refractivity contribution < 1.29 is 32.2 Å². The first-order valence-electron chi connectivity index (χ1n) is 14.6. The van der Waals surface area contributed by atoms with Crippen molar-refractivity contribution in [2.75, 3.05) is 49.7 Å². The number of halogens is 5. The fraction of sp³-hybridized carbons (Fsp3) is 0.424. The maximum Gasteiger partial charge on any atom is 0.416 e. The molecule has 11 heteroatoms. The molecule has 2 saturated heterocycles. The summed E-state index contributed by atoms with van der Waals surface area (Å²) in [6, 6.07) is 16.5. The average Bonchev–Trinajstić information content (AvgIpc) is 3.01. The highest BCUT2D eigenvalue weighted by atomic mass is 35.5. The summed E-state index contributed by atoms with van der Waals surface area (Å²) >= 11 is 12.4. The highest BCUT2D eigenvalue weighted by molar-refractivity contribution is 6.42. The molecule has 2 heterocycles. The average molecular weight is 652 g/mol. The van der Waals surface area contributed by atoms with Crippen molar-refractivity contribution in [3.8, 4) is 5.75 Å². The van der Waals surface area contributed by atoms with Gasteiger partial charge >= 0.3 is 6.18 Å². The second kappa shape index (κ2) is 14.0. The van der Waals surface area contributed by atoms with E-state index in [1.54, 1.807) is 12.1 Å². The number of rotatable bonds is 8. The quantitative estimate of drug-likeness (QED) is 0.265. The Hall–Kier alpha value is -2.98. The van der Waals surface area contributed by atoms with Crippen LogP contribution in [-0.2, 0) is 20.4 Å². The lowest BCUT2D eigenvalue weighted by atomic mass is 9.76. The van der Waals surface area contributed by atoms with E-state index < -0.39 is 17.6 Å². The van der Waals surface area contributed by atoms with Gasteiger partial charge in [-0.05, 0) is 71.8 Å². The Morgan fingerprint density at radius 1 is 1.00 bits per heavy atom. The van der Waals surface area contributed by atoms with Gasteiger partial charge in [0.2, 0.25) is 0 Å². The van der Waals surface area contributed by atoms with E-state index in [9.17, 15) is 18.0 Å². The van der Waals surface area contributed by atoms with Crippen LogP contribution < -0.4 is 15.0 Å². The summed E-state index contributed by atoms with van der Waals surface area (Å²) < 4.78 is 57.7. The lowest BCUT2D eigenvalue weighted by Crippen LogP contribution is -2.37. The molecule has 0 spiro atoms. The predicted octanol–water partition coefficient (Wildman–Crippen LogP) is 8.38. The van der Waals surface area contributed by atoms with Gasteiger partial charge in [-0.2, -0.15) is 13.2 Å². The SMILES string of the molecule is CC(C)[C@@H]1C[C@H](c2ccc(Cl)c(Cl)c2)CO[C@H]1c1ccc(OCC(=O)Nc2cc(C(F)(F)F)ccc2N2CCOCC2)cc1. The van der Waals surface area contributed by atoms with E-state index in [1.165, 1.54) is 6.07 Å². The molecule has 2 fully saturated rings. The molecule has 3 atom stereocenters. The van der Waals surface area contributed by atoms with Crippen LogP contribution in [0.1, 0.15) is 49.0 Å². The van der Waals surface area contributed by atoms with Gasteiger partial charge in [0.25, 0.3) is 5.91 Å². The minimum atomic E-state index is -4.54. The van der Waals surface area contributed by atoms with E-state index in [4.69, 9.17) is 37.4 Å². The first kappa shape index (κ1) is 32.4. The lowest BCUT2D eigenvalue weighted by Gasteiger charge is -2.39. The Morgan fingerprint density at radius 3 is 2.36 bits per heavy atom. The molecule has 3 aromatic carbocycles. The number of anilines is 2. The molecule has 44 heavy (non-hydrogen) atoms. The molecule has 0 unspecified atom stereocenters. The van der Waals surface area contributed by atoms with Crippen molar-refractivity contribution in [1.29, 1.82) is 0 Å². The van der Waals surface area contributed by atoms with Crippen LogP contribution in [0.15, 0.2) is 60.7 Å². The van der Waals surface area contributed by atoms with Crippen molar-refractivity contribution in [3.63, 3.8) is 0 Å². The third-order valence-corrected chi connectivity index (χ3v) is 8.96. The standard InChI is InChI=1S/C33H35Cl2F3N2O4/c1-20(2)26-15-23(22-5-9-27(34)28(35)16-22)18-44-32(26)21-3-7-25(8-4-21)43-19-31(41)39-29-17-24(33(36,37)38)6-10-30(29)40-11-13-42-14-12-40/h3-10,16-17,20,23,26,32H,11-15,18-19H2,1-2H3,(H,39,41)/t23-,26-,32-/m0/s1. The van der Waals surface area contributed by atoms with Crippen LogP contribution in [0.5, 0.6) is 5.75 Å². The molecule has 236 valence electrons. The molecule has 1 N–H and O–H groups in total. The van der Waals surface area contributed by atoms with Crippen LogP contribution in [0.3, 0.4) is 0 Å². The molecule has 0 aliphatic carbocycles. The first-order chi connectivity index (χ1) is 21.0. The van der Waals surface area contributed by atoms with Gasteiger partial charge in [-0.1, -0.05) is 55.2 Å². The normalized spacial score (nSPS) is 20.9. The van der Waals surface area contributed by atoms with Crippen LogP contribution >= 0.6 is 23.2 Å². The number of nitrogens with zero attached hydrogens (tertiary/aromatic N) is 1. The number of hydrogen-bond acceptors (Lipinski definition) is 5. The molecular formula is C33H35Cl2F3N2O4. The molecule has 0 radical (unpaired) electrons. The largest absolute Gasteiger partial charge is 0.484 e. The summed E-state index contributed by atoms with van der Waals surface area (Å²) in [5, 5.41) is 3.67. The van der Waals surface area contributed by atoms with E-state index >= 15 is 0 Å². The van der Waals surface area contributed by atoms with E-state index in [1.807, 2.05) is 35.2 Å². The Kier molecular flexibility index (Phi) is 10.3. The predicted molar refractivity (Wildman–Crippen MR) is 166 cm³/mol. The molecule has 6 nitrogen and oxygen atoms in total. The Labute approximate surface area is 265 Å². The highest BCUT2D eigenvalue weighted by Crippen LogP contribution is 2.44. The molecule has 3 aromatic rings. The van der Waals surface area contributed by atoms with Crippen LogP contribution in [0, 0.1) is 11.8 Å². The topological polar surface area (TPSA) is 60.0 Å². The summed E-state index contributed by atoms with van der Waals surface area (Å²) in [4.78, 5) is 14.7. The second-order valence-electron chi connectivity index (χ2n) is 11.5. The van der Waals surface area contributed by atoms with Gasteiger partial charge in [0.05, 0.1) is 52.9 Å². The molecule has 0 saturated carbocycles. The monoisotopic (exact) mass is 650 g/mol. The highest BCUT2D eigenvalue weighted by Gasteiger charge is 2.35. The minimum Gasteiger partial charge on any atom is -0.484 e. The van der Waals surface area contributed by atoms with Crippen LogP contribution in [-0.4, -0.2) is 45.4 Å². The van der Waals surface area contributed by atoms with E-state index in [0.717, 1.165) is 29.7 Å². The van der Waals surface area contributed by atoms with Gasteiger partial charge in [0.1, 0.15) is 5.75 Å². The van der Waals surface area contributed by atoms with Crippen molar-refractivity contribution in [3.05, 3.63) is 87.4 Å². The van der Waals surface area contributed by atoms with E-state index in [2.05, 4.69) is 19.2 Å². The maximum absolute atomic E-state index is 13.4. The van der Waals surface area contributed by atoms with E-state index in [0.29, 0.717) is 60.3 Å². The second-order valence-corrected chi connectivity index (χ2v) is 12.3. The van der Waals surface area contributed by atoms with Gasteiger partial charge in [0, 0.05) is 19.0 Å². The molecule has 0 aromatic heterocycles. The molecular weight excluding hydrogens is 616 g/mol. The number of morpholine rings is 1. The Balaban J connectivity index is 1.22. The zero-order chi connectivity index (χ0) is 31.4. The fourth-order valence-electron chi connectivity index (χ4n) is 5.81. The fourth-order valence-corrected chi connectivity index (χ4v) is 6.12. The zero-order valence-electron chi connectivity index (χ0n) is 24.5. The Bertz CT molecular complexity index is 1450. The molecule has 1 amide bonds. The lowest BCUT2D eigenvalue weighted by molar-refractivity contribution is -0.137. The third kappa shape index (κ3) is 7.80. The summed E-state index contributed by atoms with van der Waals surface area (Å²) in [6.07, 6.45) is -3.71. The van der Waals surface area contributed by atoms with Gasteiger partial charge in [-0.15, -0.1) is 0 Å². The number of hydrogen-bond donors (Lipinski definition) is 1. The van der Waals surface area contributed by atoms with Gasteiger partial charge in [-0.25, -0.2) is 0 Å². The molecule has 2 aliphatic heterocycles. The smallest absolute Gasteiger partial charge is 0.416 e. The van der Waals surface area contributed by atoms with Crippen molar-refractivity contribution in [1.82, 2.24) is 0 Å². The first-order valence-corrected chi connectivity index (χ1v) is 15.4.